The summed E-state index contributed by atoms with van der Waals surface area (Å²) in [5.74, 6) is -0.308. The van der Waals surface area contributed by atoms with E-state index in [1.54, 1.807) is 4.90 Å². The summed E-state index contributed by atoms with van der Waals surface area (Å²) in [5.41, 5.74) is 0.0681. The van der Waals surface area contributed by atoms with Crippen molar-refractivity contribution in [1.82, 2.24) is 9.21 Å². The van der Waals surface area contributed by atoms with E-state index in [-0.39, 0.29) is 34.0 Å². The van der Waals surface area contributed by atoms with Gasteiger partial charge in [-0.05, 0) is 56.2 Å². The van der Waals surface area contributed by atoms with Crippen molar-refractivity contribution in [3.63, 3.8) is 0 Å². The molecule has 0 spiro atoms. The first-order valence-corrected chi connectivity index (χ1v) is 12.3. The molecule has 3 unspecified atom stereocenters. The summed E-state index contributed by atoms with van der Waals surface area (Å²) in [6, 6.07) is 4.19. The molecule has 1 aromatic rings. The van der Waals surface area contributed by atoms with Gasteiger partial charge in [-0.2, -0.15) is 4.31 Å². The Morgan fingerprint density at radius 2 is 1.71 bits per heavy atom. The summed E-state index contributed by atoms with van der Waals surface area (Å²) in [6.07, 6.45) is 1.93. The third kappa shape index (κ3) is 5.20. The SMILES string of the molecule is COc1ccc(C(=O)OC(C)C(=O)N2CCCC2)cc1S(=O)(=O)N1CC(C)CC(C)C1. The van der Waals surface area contributed by atoms with E-state index in [0.717, 1.165) is 19.3 Å². The second-order valence-corrected chi connectivity index (χ2v) is 10.6. The van der Waals surface area contributed by atoms with Crippen LogP contribution in [0.4, 0.5) is 0 Å². The number of piperidine rings is 1. The standard InChI is InChI=1S/C22H32N2O6S/c1-15-11-16(2)14-24(13-15)31(27,28)20-12-18(7-8-19(20)29-4)22(26)30-17(3)21(25)23-9-5-6-10-23/h7-8,12,15-17H,5-6,9-11,13-14H2,1-4H3. The molecule has 0 radical (unpaired) electrons. The van der Waals surface area contributed by atoms with Crippen LogP contribution < -0.4 is 4.74 Å². The van der Waals surface area contributed by atoms with Crippen molar-refractivity contribution in [2.75, 3.05) is 33.3 Å². The fourth-order valence-corrected chi connectivity index (χ4v) is 6.28. The highest BCUT2D eigenvalue weighted by molar-refractivity contribution is 7.89. The molecule has 172 valence electrons. The molecular weight excluding hydrogens is 420 g/mol. The molecule has 3 atom stereocenters. The lowest BCUT2D eigenvalue weighted by molar-refractivity contribution is -0.138. The lowest BCUT2D eigenvalue weighted by Gasteiger charge is -2.34. The maximum atomic E-state index is 13.4. The highest BCUT2D eigenvalue weighted by Crippen LogP contribution is 2.32. The smallest absolute Gasteiger partial charge is 0.338 e. The first kappa shape index (κ1) is 23.5. The molecule has 1 amide bonds. The van der Waals surface area contributed by atoms with Crippen LogP contribution >= 0.6 is 0 Å². The van der Waals surface area contributed by atoms with Gasteiger partial charge in [-0.3, -0.25) is 4.79 Å². The number of nitrogens with zero attached hydrogens (tertiary/aromatic N) is 2. The molecule has 0 bridgehead atoms. The number of esters is 1. The van der Waals surface area contributed by atoms with Crippen molar-refractivity contribution < 1.29 is 27.5 Å². The van der Waals surface area contributed by atoms with Crippen molar-refractivity contribution >= 4 is 21.9 Å². The molecule has 2 fully saturated rings. The number of methoxy groups -OCH3 is 1. The molecule has 8 nitrogen and oxygen atoms in total. The minimum Gasteiger partial charge on any atom is -0.495 e. The van der Waals surface area contributed by atoms with E-state index in [1.807, 2.05) is 13.8 Å². The summed E-state index contributed by atoms with van der Waals surface area (Å²) in [7, 11) is -2.47. The van der Waals surface area contributed by atoms with Crippen LogP contribution in [0.2, 0.25) is 0 Å². The molecule has 2 aliphatic rings. The van der Waals surface area contributed by atoms with Gasteiger partial charge >= 0.3 is 5.97 Å². The number of hydrogen-bond acceptors (Lipinski definition) is 6. The predicted molar refractivity (Wildman–Crippen MR) is 115 cm³/mol. The Morgan fingerprint density at radius 1 is 1.10 bits per heavy atom. The zero-order chi connectivity index (χ0) is 22.8. The maximum absolute atomic E-state index is 13.4. The second kappa shape index (κ2) is 9.56. The molecule has 3 rings (SSSR count). The summed E-state index contributed by atoms with van der Waals surface area (Å²) in [6.45, 7) is 7.77. The Balaban J connectivity index is 1.82. The normalized spacial score (nSPS) is 23.4. The monoisotopic (exact) mass is 452 g/mol. The van der Waals surface area contributed by atoms with Gasteiger partial charge < -0.3 is 14.4 Å². The molecule has 2 aliphatic heterocycles. The van der Waals surface area contributed by atoms with E-state index in [9.17, 15) is 18.0 Å². The van der Waals surface area contributed by atoms with Gasteiger partial charge in [0.05, 0.1) is 12.7 Å². The number of amides is 1. The van der Waals surface area contributed by atoms with Crippen molar-refractivity contribution in [1.29, 1.82) is 0 Å². The summed E-state index contributed by atoms with van der Waals surface area (Å²) in [5, 5.41) is 0. The number of likely N-dealkylation sites (tertiary alicyclic amines) is 1. The molecule has 2 heterocycles. The molecule has 31 heavy (non-hydrogen) atoms. The minimum absolute atomic E-state index is 0.0655. The quantitative estimate of drug-likeness (QED) is 0.616. The molecule has 0 aliphatic carbocycles. The maximum Gasteiger partial charge on any atom is 0.338 e. The van der Waals surface area contributed by atoms with Crippen LogP contribution in [0, 0.1) is 11.8 Å². The molecule has 2 saturated heterocycles. The number of ether oxygens (including phenoxy) is 2. The van der Waals surface area contributed by atoms with Gasteiger partial charge in [-0.1, -0.05) is 13.8 Å². The predicted octanol–water partition coefficient (Wildman–Crippen LogP) is 2.53. The Hall–Kier alpha value is -2.13. The van der Waals surface area contributed by atoms with E-state index in [2.05, 4.69) is 0 Å². The van der Waals surface area contributed by atoms with E-state index in [1.165, 1.54) is 36.5 Å². The van der Waals surface area contributed by atoms with Crippen molar-refractivity contribution in [2.24, 2.45) is 11.8 Å². The molecular formula is C22H32N2O6S. The third-order valence-corrected chi connectivity index (χ3v) is 7.75. The number of hydrogen-bond donors (Lipinski definition) is 0. The lowest BCUT2D eigenvalue weighted by Crippen LogP contribution is -2.42. The van der Waals surface area contributed by atoms with Crippen molar-refractivity contribution in [3.8, 4) is 5.75 Å². The first-order valence-electron chi connectivity index (χ1n) is 10.8. The van der Waals surface area contributed by atoms with Crippen molar-refractivity contribution in [3.05, 3.63) is 23.8 Å². The van der Waals surface area contributed by atoms with Gasteiger partial charge in [0.1, 0.15) is 10.6 Å². The first-order chi connectivity index (χ1) is 14.6. The van der Waals surface area contributed by atoms with Gasteiger partial charge in [-0.15, -0.1) is 0 Å². The van der Waals surface area contributed by atoms with Crippen LogP contribution in [0.3, 0.4) is 0 Å². The van der Waals surface area contributed by atoms with Crippen molar-refractivity contribution in [2.45, 2.75) is 51.0 Å². The summed E-state index contributed by atoms with van der Waals surface area (Å²) < 4.78 is 38.8. The highest BCUT2D eigenvalue weighted by atomic mass is 32.2. The topological polar surface area (TPSA) is 93.2 Å². The highest BCUT2D eigenvalue weighted by Gasteiger charge is 2.34. The average molecular weight is 453 g/mol. The third-order valence-electron chi connectivity index (χ3n) is 5.90. The van der Waals surface area contributed by atoms with Gasteiger partial charge in [0, 0.05) is 26.2 Å². The van der Waals surface area contributed by atoms with Crippen LogP contribution in [0.5, 0.6) is 5.75 Å². The Morgan fingerprint density at radius 3 is 2.29 bits per heavy atom. The van der Waals surface area contributed by atoms with E-state index in [0.29, 0.717) is 26.2 Å². The number of benzene rings is 1. The summed E-state index contributed by atoms with van der Waals surface area (Å²) in [4.78, 5) is 26.7. The fourth-order valence-electron chi connectivity index (χ4n) is 4.42. The minimum atomic E-state index is -3.86. The average Bonchev–Trinajstić information content (AvgIpc) is 3.26. The summed E-state index contributed by atoms with van der Waals surface area (Å²) >= 11 is 0. The largest absolute Gasteiger partial charge is 0.495 e. The van der Waals surface area contributed by atoms with Crippen LogP contribution in [0.1, 0.15) is 50.4 Å². The fraction of sp³-hybridized carbons (Fsp3) is 0.636. The van der Waals surface area contributed by atoms with E-state index >= 15 is 0 Å². The number of rotatable bonds is 6. The van der Waals surface area contributed by atoms with Crippen LogP contribution in [-0.2, 0) is 19.6 Å². The van der Waals surface area contributed by atoms with Crippen LogP contribution in [0.15, 0.2) is 23.1 Å². The van der Waals surface area contributed by atoms with E-state index < -0.39 is 22.1 Å². The Labute approximate surface area is 184 Å². The zero-order valence-electron chi connectivity index (χ0n) is 18.7. The van der Waals surface area contributed by atoms with Gasteiger partial charge in [0.15, 0.2) is 6.10 Å². The molecule has 9 heteroatoms. The Bertz CT molecular complexity index is 916. The molecule has 0 saturated carbocycles. The number of carbonyl (C=O) groups excluding carboxylic acids is 2. The van der Waals surface area contributed by atoms with Gasteiger partial charge in [-0.25, -0.2) is 13.2 Å². The van der Waals surface area contributed by atoms with E-state index in [4.69, 9.17) is 9.47 Å². The molecule has 0 aromatic heterocycles. The molecule has 0 N–H and O–H groups in total. The number of sulfonamides is 1. The van der Waals surface area contributed by atoms with Crippen LogP contribution in [-0.4, -0.2) is 68.9 Å². The Kier molecular flexibility index (Phi) is 7.26. The van der Waals surface area contributed by atoms with Crippen LogP contribution in [0.25, 0.3) is 0 Å². The number of carbonyl (C=O) groups is 2. The van der Waals surface area contributed by atoms with Gasteiger partial charge in [0.2, 0.25) is 10.0 Å². The zero-order valence-corrected chi connectivity index (χ0v) is 19.5. The lowest BCUT2D eigenvalue weighted by atomic mass is 9.94. The molecule has 1 aromatic carbocycles. The second-order valence-electron chi connectivity index (χ2n) is 8.71. The van der Waals surface area contributed by atoms with Gasteiger partial charge in [0.25, 0.3) is 5.91 Å².